The Kier molecular flexibility index (Phi) is 9.85. The van der Waals surface area contributed by atoms with Gasteiger partial charge >= 0.3 is 0 Å². The van der Waals surface area contributed by atoms with E-state index in [4.69, 9.17) is 4.74 Å². The van der Waals surface area contributed by atoms with Crippen molar-refractivity contribution >= 4 is 41.3 Å². The summed E-state index contributed by atoms with van der Waals surface area (Å²) in [6, 6.07) is 4.99. The van der Waals surface area contributed by atoms with Gasteiger partial charge in [-0.2, -0.15) is 0 Å². The molecule has 1 aromatic carbocycles. The number of aryl methyl sites for hydroxylation is 1. The molecule has 0 radical (unpaired) electrons. The van der Waals surface area contributed by atoms with Crippen molar-refractivity contribution in [3.8, 4) is 5.75 Å². The number of hydrogen-bond acceptors (Lipinski definition) is 4. The first-order valence-electron chi connectivity index (χ1n) is 8.32. The molecule has 0 fully saturated rings. The first-order chi connectivity index (χ1) is 12.1. The summed E-state index contributed by atoms with van der Waals surface area (Å²) in [5.74, 6) is 0.666. The second-order valence-electron chi connectivity index (χ2n) is 5.57. The summed E-state index contributed by atoms with van der Waals surface area (Å²) in [6.07, 6.45) is 2.90. The normalized spacial score (nSPS) is 11.0. The molecule has 5 nitrogen and oxygen atoms in total. The van der Waals surface area contributed by atoms with Crippen molar-refractivity contribution < 1.29 is 9.13 Å². The maximum Gasteiger partial charge on any atom is 0.194 e. The molecule has 1 N–H and O–H groups in total. The standard InChI is InChI=1S/C18H25FN4OS.HI/c1-5-14-10-21-17(25-14)11-22-18(20-6-2)23(3)12-13-7-8-16(24-4)15(19)9-13;/h7-10H,5-6,11-12H2,1-4H3,(H,20,22);1H. The van der Waals surface area contributed by atoms with Crippen LogP contribution in [-0.4, -0.2) is 36.5 Å². The lowest BCUT2D eigenvalue weighted by Gasteiger charge is -2.22. The van der Waals surface area contributed by atoms with E-state index in [9.17, 15) is 4.39 Å². The third-order valence-electron chi connectivity index (χ3n) is 3.65. The topological polar surface area (TPSA) is 49.8 Å². The third-order valence-corrected chi connectivity index (χ3v) is 4.77. The average molecular weight is 492 g/mol. The molecule has 0 atom stereocenters. The minimum Gasteiger partial charge on any atom is -0.494 e. The summed E-state index contributed by atoms with van der Waals surface area (Å²) >= 11 is 1.69. The molecule has 1 heterocycles. The number of hydrogen-bond donors (Lipinski definition) is 1. The Hall–Kier alpha value is -1.42. The molecule has 0 aliphatic rings. The molecule has 0 aliphatic carbocycles. The number of aliphatic imine (C=N–C) groups is 1. The van der Waals surface area contributed by atoms with Crippen LogP contribution < -0.4 is 10.1 Å². The van der Waals surface area contributed by atoms with E-state index in [1.54, 1.807) is 17.4 Å². The lowest BCUT2D eigenvalue weighted by Crippen LogP contribution is -2.38. The van der Waals surface area contributed by atoms with E-state index in [0.717, 1.165) is 29.5 Å². The Balaban J connectivity index is 0.00000338. The minimum atomic E-state index is -0.356. The van der Waals surface area contributed by atoms with Crippen LogP contribution in [0.5, 0.6) is 5.75 Å². The summed E-state index contributed by atoms with van der Waals surface area (Å²) in [5.41, 5.74) is 0.855. The highest BCUT2D eigenvalue weighted by molar-refractivity contribution is 14.0. The van der Waals surface area contributed by atoms with E-state index in [0.29, 0.717) is 13.1 Å². The fourth-order valence-electron chi connectivity index (χ4n) is 2.35. The van der Waals surface area contributed by atoms with Crippen LogP contribution in [-0.2, 0) is 19.5 Å². The first-order valence-corrected chi connectivity index (χ1v) is 9.14. The molecule has 2 aromatic rings. The van der Waals surface area contributed by atoms with E-state index in [2.05, 4.69) is 22.2 Å². The molecular formula is C18H26FIN4OS. The van der Waals surface area contributed by atoms with Gasteiger partial charge in [-0.1, -0.05) is 13.0 Å². The van der Waals surface area contributed by atoms with Gasteiger partial charge in [-0.15, -0.1) is 35.3 Å². The third kappa shape index (κ3) is 6.39. The molecule has 0 aliphatic heterocycles. The summed E-state index contributed by atoms with van der Waals surface area (Å²) in [6.45, 7) is 5.98. The van der Waals surface area contributed by atoms with Crippen molar-refractivity contribution in [2.75, 3.05) is 20.7 Å². The van der Waals surface area contributed by atoms with Crippen LogP contribution >= 0.6 is 35.3 Å². The molecule has 144 valence electrons. The van der Waals surface area contributed by atoms with E-state index in [1.807, 2.05) is 31.1 Å². The molecule has 26 heavy (non-hydrogen) atoms. The molecule has 0 spiro atoms. The van der Waals surface area contributed by atoms with Gasteiger partial charge in [0.05, 0.1) is 13.7 Å². The number of rotatable bonds is 7. The summed E-state index contributed by atoms with van der Waals surface area (Å²) in [7, 11) is 3.39. The maximum atomic E-state index is 13.9. The smallest absolute Gasteiger partial charge is 0.194 e. The quantitative estimate of drug-likeness (QED) is 0.360. The van der Waals surface area contributed by atoms with E-state index in [1.165, 1.54) is 18.1 Å². The zero-order chi connectivity index (χ0) is 18.2. The van der Waals surface area contributed by atoms with Crippen LogP contribution in [0, 0.1) is 5.82 Å². The highest BCUT2D eigenvalue weighted by atomic mass is 127. The van der Waals surface area contributed by atoms with Gasteiger partial charge in [0, 0.05) is 31.2 Å². The Morgan fingerprint density at radius 3 is 2.73 bits per heavy atom. The van der Waals surface area contributed by atoms with E-state index >= 15 is 0 Å². The molecule has 1 aromatic heterocycles. The number of aromatic nitrogens is 1. The number of thiazole rings is 1. The highest BCUT2D eigenvalue weighted by Gasteiger charge is 2.10. The number of methoxy groups -OCH3 is 1. The molecule has 0 saturated carbocycles. The van der Waals surface area contributed by atoms with Crippen molar-refractivity contribution in [3.05, 3.63) is 45.7 Å². The van der Waals surface area contributed by atoms with Gasteiger partial charge in [-0.05, 0) is 31.0 Å². The highest BCUT2D eigenvalue weighted by Crippen LogP contribution is 2.18. The maximum absolute atomic E-state index is 13.9. The predicted octanol–water partition coefficient (Wildman–Crippen LogP) is 4.07. The second-order valence-corrected chi connectivity index (χ2v) is 6.77. The molecule has 0 amide bonds. The van der Waals surface area contributed by atoms with Crippen LogP contribution in [0.4, 0.5) is 4.39 Å². The van der Waals surface area contributed by atoms with Gasteiger partial charge in [0.1, 0.15) is 5.01 Å². The Morgan fingerprint density at radius 1 is 1.38 bits per heavy atom. The Morgan fingerprint density at radius 2 is 2.15 bits per heavy atom. The molecule has 0 bridgehead atoms. The number of guanidine groups is 1. The van der Waals surface area contributed by atoms with Gasteiger partial charge in [-0.3, -0.25) is 0 Å². The largest absolute Gasteiger partial charge is 0.494 e. The molecule has 0 unspecified atom stereocenters. The van der Waals surface area contributed by atoms with Gasteiger partial charge in [0.2, 0.25) is 0 Å². The van der Waals surface area contributed by atoms with Gasteiger partial charge in [-0.25, -0.2) is 14.4 Å². The molecule has 8 heteroatoms. The molecular weight excluding hydrogens is 466 g/mol. The van der Waals surface area contributed by atoms with Crippen molar-refractivity contribution in [1.29, 1.82) is 0 Å². The summed E-state index contributed by atoms with van der Waals surface area (Å²) in [5, 5.41) is 4.26. The predicted molar refractivity (Wildman–Crippen MR) is 116 cm³/mol. The first kappa shape index (κ1) is 22.6. The average Bonchev–Trinajstić information content (AvgIpc) is 3.06. The Bertz CT molecular complexity index is 723. The van der Waals surface area contributed by atoms with Crippen molar-refractivity contribution in [3.63, 3.8) is 0 Å². The van der Waals surface area contributed by atoms with Gasteiger partial charge in [0.15, 0.2) is 17.5 Å². The fraction of sp³-hybridized carbons (Fsp3) is 0.444. The number of halogens is 2. The number of nitrogens with zero attached hydrogens (tertiary/aromatic N) is 3. The lowest BCUT2D eigenvalue weighted by molar-refractivity contribution is 0.385. The number of benzene rings is 1. The van der Waals surface area contributed by atoms with E-state index in [-0.39, 0.29) is 35.5 Å². The monoisotopic (exact) mass is 492 g/mol. The van der Waals surface area contributed by atoms with Crippen LogP contribution in [0.2, 0.25) is 0 Å². The second kappa shape index (κ2) is 11.3. The minimum absolute atomic E-state index is 0. The molecule has 2 rings (SSSR count). The fourth-order valence-corrected chi connectivity index (χ4v) is 3.14. The zero-order valence-electron chi connectivity index (χ0n) is 15.6. The van der Waals surface area contributed by atoms with Gasteiger partial charge < -0.3 is 15.0 Å². The summed E-state index contributed by atoms with van der Waals surface area (Å²) in [4.78, 5) is 12.3. The van der Waals surface area contributed by atoms with Gasteiger partial charge in [0.25, 0.3) is 0 Å². The van der Waals surface area contributed by atoms with Crippen LogP contribution in [0.25, 0.3) is 0 Å². The van der Waals surface area contributed by atoms with Crippen LogP contribution in [0.15, 0.2) is 29.4 Å². The van der Waals surface area contributed by atoms with Crippen LogP contribution in [0.3, 0.4) is 0 Å². The Labute approximate surface area is 175 Å². The summed E-state index contributed by atoms with van der Waals surface area (Å²) < 4.78 is 18.8. The van der Waals surface area contributed by atoms with E-state index < -0.39 is 0 Å². The lowest BCUT2D eigenvalue weighted by atomic mass is 10.2. The number of ether oxygens (including phenoxy) is 1. The van der Waals surface area contributed by atoms with Crippen LogP contribution in [0.1, 0.15) is 29.3 Å². The van der Waals surface area contributed by atoms with Crippen molar-refractivity contribution in [2.24, 2.45) is 4.99 Å². The van der Waals surface area contributed by atoms with Crippen molar-refractivity contribution in [1.82, 2.24) is 15.2 Å². The van der Waals surface area contributed by atoms with Crippen molar-refractivity contribution in [2.45, 2.75) is 33.4 Å². The zero-order valence-corrected chi connectivity index (χ0v) is 18.7. The number of nitrogens with one attached hydrogen (secondary N) is 1. The SMILES string of the molecule is CCNC(=NCc1ncc(CC)s1)N(C)Cc1ccc(OC)c(F)c1.I. The molecule has 0 saturated heterocycles.